The summed E-state index contributed by atoms with van der Waals surface area (Å²) in [6.07, 6.45) is 1.52. The van der Waals surface area contributed by atoms with E-state index in [2.05, 4.69) is 4.98 Å². The zero-order chi connectivity index (χ0) is 20.1. The molecule has 4 rings (SSSR count). The maximum absolute atomic E-state index is 11.6. The lowest BCUT2D eigenvalue weighted by atomic mass is 10.2. The van der Waals surface area contributed by atoms with E-state index >= 15 is 0 Å². The van der Waals surface area contributed by atoms with Crippen molar-refractivity contribution < 1.29 is 19.1 Å². The lowest BCUT2D eigenvalue weighted by Gasteiger charge is -2.09. The van der Waals surface area contributed by atoms with Gasteiger partial charge in [0.25, 0.3) is 5.22 Å². The molecule has 5 nitrogen and oxygen atoms in total. The number of carbonyl (C=O) groups excluding carboxylic acids is 1. The molecule has 1 heterocycles. The van der Waals surface area contributed by atoms with Gasteiger partial charge in [0.05, 0.1) is 5.97 Å². The lowest BCUT2D eigenvalue weighted by Crippen LogP contribution is -2.23. The third kappa shape index (κ3) is 4.86. The van der Waals surface area contributed by atoms with Crippen LogP contribution in [-0.2, 0) is 11.4 Å². The van der Waals surface area contributed by atoms with Crippen molar-refractivity contribution in [3.8, 4) is 5.75 Å². The SMILES string of the molecule is O=C([O-])/C(=C\c1cccc(OCc2ccccc2)c1)Sc1nc2ccccc2o1. The lowest BCUT2D eigenvalue weighted by molar-refractivity contribution is -0.298. The van der Waals surface area contributed by atoms with Crippen LogP contribution in [0.3, 0.4) is 0 Å². The van der Waals surface area contributed by atoms with E-state index in [1.54, 1.807) is 24.3 Å². The largest absolute Gasteiger partial charge is 0.544 e. The molecule has 0 amide bonds. The molecule has 0 aliphatic carbocycles. The van der Waals surface area contributed by atoms with Crippen molar-refractivity contribution in [2.24, 2.45) is 0 Å². The number of hydrogen-bond donors (Lipinski definition) is 0. The first-order valence-corrected chi connectivity index (χ1v) is 9.72. The molecule has 6 heteroatoms. The first kappa shape index (κ1) is 18.8. The molecule has 0 fully saturated rings. The minimum absolute atomic E-state index is 0.00299. The molecule has 0 unspecified atom stereocenters. The van der Waals surface area contributed by atoms with E-state index in [0.717, 1.165) is 17.3 Å². The highest BCUT2D eigenvalue weighted by molar-refractivity contribution is 8.03. The Bertz CT molecular complexity index is 1130. The van der Waals surface area contributed by atoms with Crippen molar-refractivity contribution in [2.45, 2.75) is 11.8 Å². The van der Waals surface area contributed by atoms with Crippen LogP contribution in [0.25, 0.3) is 17.2 Å². The van der Waals surface area contributed by atoms with E-state index in [0.29, 0.717) is 29.0 Å². The van der Waals surface area contributed by atoms with Crippen LogP contribution in [0.1, 0.15) is 11.1 Å². The molecule has 0 atom stereocenters. The van der Waals surface area contributed by atoms with Crippen LogP contribution in [0.15, 0.2) is 93.4 Å². The summed E-state index contributed by atoms with van der Waals surface area (Å²) in [5, 5.41) is 11.9. The monoisotopic (exact) mass is 402 g/mol. The average Bonchev–Trinajstić information content (AvgIpc) is 3.15. The van der Waals surface area contributed by atoms with Gasteiger partial charge < -0.3 is 19.1 Å². The van der Waals surface area contributed by atoms with Crippen molar-refractivity contribution in [3.63, 3.8) is 0 Å². The highest BCUT2D eigenvalue weighted by atomic mass is 32.2. The number of benzene rings is 3. The molecule has 4 aromatic rings. The molecule has 0 aliphatic heterocycles. The number of oxazole rings is 1. The van der Waals surface area contributed by atoms with Gasteiger partial charge in [-0.1, -0.05) is 54.6 Å². The predicted octanol–water partition coefficient (Wildman–Crippen LogP) is 4.29. The summed E-state index contributed by atoms with van der Waals surface area (Å²) in [5.74, 6) is -0.653. The zero-order valence-corrected chi connectivity index (χ0v) is 16.1. The summed E-state index contributed by atoms with van der Waals surface area (Å²) < 4.78 is 11.4. The van der Waals surface area contributed by atoms with Crippen molar-refractivity contribution in [2.75, 3.05) is 0 Å². The van der Waals surface area contributed by atoms with Gasteiger partial charge in [0.15, 0.2) is 5.58 Å². The van der Waals surface area contributed by atoms with Gasteiger partial charge in [0.2, 0.25) is 0 Å². The van der Waals surface area contributed by atoms with Crippen molar-refractivity contribution in [1.82, 2.24) is 4.98 Å². The van der Waals surface area contributed by atoms with E-state index in [4.69, 9.17) is 9.15 Å². The first-order chi connectivity index (χ1) is 14.2. The van der Waals surface area contributed by atoms with Crippen LogP contribution in [0.4, 0.5) is 0 Å². The van der Waals surface area contributed by atoms with E-state index in [-0.39, 0.29) is 10.1 Å². The van der Waals surface area contributed by atoms with Crippen molar-refractivity contribution >= 4 is 34.9 Å². The average molecular weight is 402 g/mol. The Labute approximate surface area is 171 Å². The van der Waals surface area contributed by atoms with Gasteiger partial charge in [-0.25, -0.2) is 4.98 Å². The molecule has 0 saturated carbocycles. The van der Waals surface area contributed by atoms with Crippen LogP contribution in [0.2, 0.25) is 0 Å². The van der Waals surface area contributed by atoms with Gasteiger partial charge >= 0.3 is 0 Å². The van der Waals surface area contributed by atoms with Gasteiger partial charge in [-0.05, 0) is 53.2 Å². The molecular weight excluding hydrogens is 386 g/mol. The third-order valence-corrected chi connectivity index (χ3v) is 4.93. The third-order valence-electron chi connectivity index (χ3n) is 4.08. The number of aromatic nitrogens is 1. The number of para-hydroxylation sites is 2. The van der Waals surface area contributed by atoms with Crippen LogP contribution < -0.4 is 9.84 Å². The van der Waals surface area contributed by atoms with Crippen LogP contribution >= 0.6 is 11.8 Å². The number of nitrogens with zero attached hydrogens (tertiary/aromatic N) is 1. The van der Waals surface area contributed by atoms with E-state index in [1.165, 1.54) is 6.08 Å². The van der Waals surface area contributed by atoms with E-state index in [9.17, 15) is 9.90 Å². The van der Waals surface area contributed by atoms with E-state index in [1.807, 2.05) is 54.6 Å². The number of carboxylic acid groups (broad SMARTS) is 1. The number of rotatable bonds is 7. The van der Waals surface area contributed by atoms with Gasteiger partial charge in [-0.15, -0.1) is 0 Å². The number of carbonyl (C=O) groups is 1. The maximum Gasteiger partial charge on any atom is 0.261 e. The molecule has 0 radical (unpaired) electrons. The van der Waals surface area contributed by atoms with Gasteiger partial charge in [-0.3, -0.25) is 0 Å². The fraction of sp³-hybridized carbons (Fsp3) is 0.0435. The topological polar surface area (TPSA) is 75.4 Å². The van der Waals surface area contributed by atoms with Crippen molar-refractivity contribution in [3.05, 3.63) is 94.9 Å². The van der Waals surface area contributed by atoms with Crippen LogP contribution in [-0.4, -0.2) is 11.0 Å². The molecule has 144 valence electrons. The molecule has 0 N–H and O–H groups in total. The second-order valence-electron chi connectivity index (χ2n) is 6.19. The standard InChI is InChI=1S/C23H17NO4S/c25-22(26)21(29-23-24-19-11-4-5-12-20(19)28-23)14-17-9-6-10-18(13-17)27-15-16-7-2-1-3-8-16/h1-14H,15H2,(H,25,26)/p-1/b21-14+. The first-order valence-electron chi connectivity index (χ1n) is 8.91. The molecule has 0 saturated heterocycles. The van der Waals surface area contributed by atoms with Gasteiger partial charge in [-0.2, -0.15) is 0 Å². The highest BCUT2D eigenvalue weighted by Gasteiger charge is 2.10. The summed E-state index contributed by atoms with van der Waals surface area (Å²) in [6.45, 7) is 0.430. The van der Waals surface area contributed by atoms with Gasteiger partial charge in [0.1, 0.15) is 17.9 Å². The second kappa shape index (κ2) is 8.67. The van der Waals surface area contributed by atoms with Gasteiger partial charge in [0, 0.05) is 4.91 Å². The second-order valence-corrected chi connectivity index (χ2v) is 7.19. The molecule has 29 heavy (non-hydrogen) atoms. The normalized spacial score (nSPS) is 11.5. The molecule has 1 aromatic heterocycles. The Hall–Kier alpha value is -3.51. The van der Waals surface area contributed by atoms with Crippen molar-refractivity contribution in [1.29, 1.82) is 0 Å². The van der Waals surface area contributed by atoms with Crippen LogP contribution in [0.5, 0.6) is 5.75 Å². The fourth-order valence-corrected chi connectivity index (χ4v) is 3.45. The Balaban J connectivity index is 1.52. The molecule has 0 aliphatic rings. The Morgan fingerprint density at radius 1 is 1.03 bits per heavy atom. The number of ether oxygens (including phenoxy) is 1. The summed E-state index contributed by atoms with van der Waals surface area (Å²) in [5.41, 5.74) is 3.00. The van der Waals surface area contributed by atoms with E-state index < -0.39 is 5.97 Å². The predicted molar refractivity (Wildman–Crippen MR) is 110 cm³/mol. The number of fused-ring (bicyclic) bond motifs is 1. The minimum Gasteiger partial charge on any atom is -0.544 e. The Kier molecular flexibility index (Phi) is 5.63. The fourth-order valence-electron chi connectivity index (χ4n) is 2.71. The molecule has 0 spiro atoms. The minimum atomic E-state index is -1.30. The summed E-state index contributed by atoms with van der Waals surface area (Å²) in [6, 6.07) is 24.3. The number of thioether (sulfide) groups is 1. The number of aliphatic carboxylic acids is 1. The molecule has 0 bridgehead atoms. The molecule has 3 aromatic carbocycles. The Morgan fingerprint density at radius 3 is 2.62 bits per heavy atom. The molecular formula is C23H16NO4S-. The Morgan fingerprint density at radius 2 is 1.83 bits per heavy atom. The van der Waals surface area contributed by atoms with Crippen LogP contribution in [0, 0.1) is 0 Å². The zero-order valence-electron chi connectivity index (χ0n) is 15.3. The number of carboxylic acids is 1. The maximum atomic E-state index is 11.6. The summed E-state index contributed by atoms with van der Waals surface area (Å²) in [7, 11) is 0. The summed E-state index contributed by atoms with van der Waals surface area (Å²) >= 11 is 0.914. The smallest absolute Gasteiger partial charge is 0.261 e. The quantitative estimate of drug-likeness (QED) is 0.339. The number of hydrogen-bond acceptors (Lipinski definition) is 6. The highest BCUT2D eigenvalue weighted by Crippen LogP contribution is 2.30. The summed E-state index contributed by atoms with van der Waals surface area (Å²) in [4.78, 5) is 15.9.